The highest BCUT2D eigenvalue weighted by atomic mass is 16.6. The average molecular weight is 557 g/mol. The van der Waals surface area contributed by atoms with Gasteiger partial charge in [0.1, 0.15) is 18.5 Å². The first kappa shape index (κ1) is 27.9. The Morgan fingerprint density at radius 2 is 1.80 bits per heavy atom. The summed E-state index contributed by atoms with van der Waals surface area (Å²) in [5.41, 5.74) is 4.11. The highest BCUT2D eigenvalue weighted by molar-refractivity contribution is 5.85. The number of alkyl carbamates (subject to hydrolysis) is 1. The van der Waals surface area contributed by atoms with Gasteiger partial charge >= 0.3 is 6.09 Å². The molecule has 9 nitrogen and oxygen atoms in total. The number of hydrogen-bond acceptors (Lipinski definition) is 8. The van der Waals surface area contributed by atoms with Crippen LogP contribution in [-0.2, 0) is 40.3 Å². The fourth-order valence-electron chi connectivity index (χ4n) is 4.70. The SMILES string of the molecule is COc1c(-c2cnco2)ccc(CC(=O)Cc2cccc(CNC(=O)O[C@H]3CCOC3)c2)c1OCc1ccccc1. The molecule has 9 heteroatoms. The maximum Gasteiger partial charge on any atom is 0.407 e. The molecule has 1 N–H and O–H groups in total. The molecule has 0 radical (unpaired) electrons. The van der Waals surface area contributed by atoms with E-state index in [1.54, 1.807) is 13.3 Å². The molecule has 5 rings (SSSR count). The number of carbonyl (C=O) groups excluding carboxylic acids is 2. The summed E-state index contributed by atoms with van der Waals surface area (Å²) < 4.78 is 28.1. The van der Waals surface area contributed by atoms with Crippen molar-refractivity contribution in [1.29, 1.82) is 0 Å². The van der Waals surface area contributed by atoms with Crippen molar-refractivity contribution in [3.8, 4) is 22.8 Å². The van der Waals surface area contributed by atoms with Crippen molar-refractivity contribution in [3.63, 3.8) is 0 Å². The van der Waals surface area contributed by atoms with Crippen LogP contribution in [0.25, 0.3) is 11.3 Å². The van der Waals surface area contributed by atoms with Crippen molar-refractivity contribution >= 4 is 11.9 Å². The minimum atomic E-state index is -0.479. The number of nitrogens with zero attached hydrogens (tertiary/aromatic N) is 1. The van der Waals surface area contributed by atoms with Crippen LogP contribution in [0, 0.1) is 0 Å². The van der Waals surface area contributed by atoms with Crippen molar-refractivity contribution in [2.75, 3.05) is 20.3 Å². The molecule has 0 spiro atoms. The average Bonchev–Trinajstić information content (AvgIpc) is 3.71. The molecule has 4 aromatic rings. The minimum absolute atomic E-state index is 0.00906. The molecule has 0 aliphatic carbocycles. The zero-order chi connectivity index (χ0) is 28.4. The third-order valence-electron chi connectivity index (χ3n) is 6.70. The summed E-state index contributed by atoms with van der Waals surface area (Å²) in [6.45, 7) is 1.64. The summed E-state index contributed by atoms with van der Waals surface area (Å²) in [6, 6.07) is 21.1. The van der Waals surface area contributed by atoms with Crippen LogP contribution < -0.4 is 14.8 Å². The molecule has 1 amide bonds. The first-order chi connectivity index (χ1) is 20.1. The van der Waals surface area contributed by atoms with Gasteiger partial charge < -0.3 is 28.7 Å². The van der Waals surface area contributed by atoms with E-state index < -0.39 is 6.09 Å². The lowest BCUT2D eigenvalue weighted by atomic mass is 9.98. The van der Waals surface area contributed by atoms with E-state index in [1.165, 1.54) is 6.39 Å². The van der Waals surface area contributed by atoms with Gasteiger partial charge in [-0.2, -0.15) is 0 Å². The van der Waals surface area contributed by atoms with E-state index in [0.29, 0.717) is 61.2 Å². The number of ether oxygens (including phenoxy) is 4. The summed E-state index contributed by atoms with van der Waals surface area (Å²) in [5, 5.41) is 2.77. The largest absolute Gasteiger partial charge is 0.492 e. The fourth-order valence-corrected chi connectivity index (χ4v) is 4.70. The monoisotopic (exact) mass is 556 g/mol. The lowest BCUT2D eigenvalue weighted by Gasteiger charge is -2.17. The molecule has 1 atom stereocenters. The lowest BCUT2D eigenvalue weighted by molar-refractivity contribution is -0.117. The zero-order valence-corrected chi connectivity index (χ0v) is 22.8. The first-order valence-corrected chi connectivity index (χ1v) is 13.5. The van der Waals surface area contributed by atoms with Gasteiger partial charge in [-0.25, -0.2) is 9.78 Å². The third-order valence-corrected chi connectivity index (χ3v) is 6.70. The number of amides is 1. The molecule has 0 bridgehead atoms. The van der Waals surface area contributed by atoms with Crippen molar-refractivity contribution < 1.29 is 33.0 Å². The Bertz CT molecular complexity index is 1450. The van der Waals surface area contributed by atoms with Gasteiger partial charge in [-0.3, -0.25) is 4.79 Å². The fraction of sp³-hybridized carbons (Fsp3) is 0.281. The molecule has 3 aromatic carbocycles. The van der Waals surface area contributed by atoms with Crippen LogP contribution >= 0.6 is 0 Å². The van der Waals surface area contributed by atoms with Crippen molar-refractivity contribution in [2.24, 2.45) is 0 Å². The van der Waals surface area contributed by atoms with Crippen LogP contribution in [0.1, 0.15) is 28.7 Å². The number of hydrogen-bond donors (Lipinski definition) is 1. The minimum Gasteiger partial charge on any atom is -0.492 e. The van der Waals surface area contributed by atoms with Crippen LogP contribution in [0.3, 0.4) is 0 Å². The number of methoxy groups -OCH3 is 1. The molecule has 1 saturated heterocycles. The Hall–Kier alpha value is -4.63. The van der Waals surface area contributed by atoms with Crippen LogP contribution in [0.2, 0.25) is 0 Å². The molecular weight excluding hydrogens is 524 g/mol. The van der Waals surface area contributed by atoms with E-state index >= 15 is 0 Å². The topological polar surface area (TPSA) is 109 Å². The van der Waals surface area contributed by atoms with E-state index in [9.17, 15) is 9.59 Å². The first-order valence-electron chi connectivity index (χ1n) is 13.5. The molecule has 1 aliphatic heterocycles. The van der Waals surface area contributed by atoms with E-state index in [1.807, 2.05) is 66.7 Å². The number of ketones is 1. The van der Waals surface area contributed by atoms with Gasteiger partial charge in [-0.1, -0.05) is 60.7 Å². The summed E-state index contributed by atoms with van der Waals surface area (Å²) in [5.74, 6) is 1.51. The van der Waals surface area contributed by atoms with Gasteiger partial charge in [-0.05, 0) is 22.8 Å². The van der Waals surface area contributed by atoms with E-state index in [2.05, 4.69) is 10.3 Å². The standard InChI is InChI=1S/C32H32N2O7/c1-37-31-28(29-18-33-21-40-29)11-10-25(30(31)39-19-22-6-3-2-4-7-22)16-26(35)15-23-8-5-9-24(14-23)17-34-32(36)41-27-12-13-38-20-27/h2-11,14,18,21,27H,12-13,15-17,19-20H2,1H3,(H,34,36)/t27-/m0/s1. The van der Waals surface area contributed by atoms with Crippen LogP contribution in [0.15, 0.2) is 83.7 Å². The predicted molar refractivity (Wildman–Crippen MR) is 151 cm³/mol. The Labute approximate surface area is 238 Å². The Morgan fingerprint density at radius 3 is 2.56 bits per heavy atom. The Kier molecular flexibility index (Phi) is 9.28. The van der Waals surface area contributed by atoms with Gasteiger partial charge in [0.2, 0.25) is 0 Å². The number of carbonyl (C=O) groups is 2. The van der Waals surface area contributed by atoms with Crippen molar-refractivity contribution in [3.05, 3.63) is 102 Å². The molecular formula is C32H32N2O7. The maximum absolute atomic E-state index is 13.3. The van der Waals surface area contributed by atoms with Gasteiger partial charge in [0.15, 0.2) is 23.7 Å². The molecule has 0 unspecified atom stereocenters. The number of nitrogens with one attached hydrogen (secondary N) is 1. The normalized spacial score (nSPS) is 14.4. The molecule has 1 fully saturated rings. The quantitative estimate of drug-likeness (QED) is 0.250. The second-order valence-electron chi connectivity index (χ2n) is 9.73. The van der Waals surface area contributed by atoms with Gasteiger partial charge in [0.25, 0.3) is 0 Å². The Balaban J connectivity index is 1.27. The summed E-state index contributed by atoms with van der Waals surface area (Å²) >= 11 is 0. The number of oxazole rings is 1. The van der Waals surface area contributed by atoms with E-state index in [-0.39, 0.29) is 24.7 Å². The Morgan fingerprint density at radius 1 is 0.976 bits per heavy atom. The van der Waals surface area contributed by atoms with Gasteiger partial charge in [-0.15, -0.1) is 0 Å². The highest BCUT2D eigenvalue weighted by Gasteiger charge is 2.22. The lowest BCUT2D eigenvalue weighted by Crippen LogP contribution is -2.28. The second kappa shape index (κ2) is 13.6. The van der Waals surface area contributed by atoms with Crippen LogP contribution in [0.5, 0.6) is 11.5 Å². The van der Waals surface area contributed by atoms with E-state index in [4.69, 9.17) is 23.4 Å². The third kappa shape index (κ3) is 7.52. The van der Waals surface area contributed by atoms with Crippen molar-refractivity contribution in [2.45, 2.75) is 38.5 Å². The van der Waals surface area contributed by atoms with Crippen LogP contribution in [-0.4, -0.2) is 43.3 Å². The molecule has 41 heavy (non-hydrogen) atoms. The second-order valence-corrected chi connectivity index (χ2v) is 9.73. The van der Waals surface area contributed by atoms with Crippen LogP contribution in [0.4, 0.5) is 4.79 Å². The summed E-state index contributed by atoms with van der Waals surface area (Å²) in [4.78, 5) is 29.4. The zero-order valence-electron chi connectivity index (χ0n) is 22.8. The number of rotatable bonds is 12. The number of benzene rings is 3. The molecule has 2 heterocycles. The highest BCUT2D eigenvalue weighted by Crippen LogP contribution is 2.41. The van der Waals surface area contributed by atoms with Gasteiger partial charge in [0.05, 0.1) is 32.1 Å². The summed E-state index contributed by atoms with van der Waals surface area (Å²) in [7, 11) is 1.56. The smallest absolute Gasteiger partial charge is 0.407 e. The molecule has 1 aliphatic rings. The summed E-state index contributed by atoms with van der Waals surface area (Å²) in [6.07, 6.45) is 3.36. The molecule has 212 valence electrons. The maximum atomic E-state index is 13.3. The van der Waals surface area contributed by atoms with Crippen molar-refractivity contribution in [1.82, 2.24) is 10.3 Å². The number of aromatic nitrogens is 1. The van der Waals surface area contributed by atoms with Gasteiger partial charge in [0, 0.05) is 31.4 Å². The number of Topliss-reactive ketones (excluding diaryl/α,β-unsaturated/α-hetero) is 1. The molecule has 1 aromatic heterocycles. The van der Waals surface area contributed by atoms with E-state index in [0.717, 1.165) is 16.7 Å². The predicted octanol–water partition coefficient (Wildman–Crippen LogP) is 5.30. The molecule has 0 saturated carbocycles.